The fourth-order valence-electron chi connectivity index (χ4n) is 1.76. The van der Waals surface area contributed by atoms with Crippen molar-refractivity contribution in [2.75, 3.05) is 6.67 Å². The van der Waals surface area contributed by atoms with E-state index in [1.54, 1.807) is 18.2 Å². The van der Waals surface area contributed by atoms with Gasteiger partial charge in [0.25, 0.3) is 0 Å². The second-order valence-electron chi connectivity index (χ2n) is 3.63. The van der Waals surface area contributed by atoms with Crippen molar-refractivity contribution in [1.82, 2.24) is 4.57 Å². The molecule has 0 saturated heterocycles. The van der Waals surface area contributed by atoms with Gasteiger partial charge in [-0.25, -0.2) is 4.79 Å². The van der Waals surface area contributed by atoms with Gasteiger partial charge in [-0.3, -0.25) is 4.39 Å². The Hall–Kier alpha value is -1.84. The molecule has 4 heteroatoms. The van der Waals surface area contributed by atoms with Gasteiger partial charge >= 0.3 is 5.97 Å². The van der Waals surface area contributed by atoms with Crippen LogP contribution in [0.4, 0.5) is 4.39 Å². The Kier molecular flexibility index (Phi) is 2.90. The second kappa shape index (κ2) is 4.35. The van der Waals surface area contributed by atoms with Crippen molar-refractivity contribution < 1.29 is 14.3 Å². The minimum absolute atomic E-state index is 0.274. The number of hydrogen-bond acceptors (Lipinski definition) is 1. The summed E-state index contributed by atoms with van der Waals surface area (Å²) in [5.41, 5.74) is 1.22. The van der Waals surface area contributed by atoms with E-state index in [4.69, 9.17) is 5.11 Å². The quantitative estimate of drug-likeness (QED) is 0.862. The molecule has 0 bridgehead atoms. The summed E-state index contributed by atoms with van der Waals surface area (Å²) in [4.78, 5) is 10.8. The monoisotopic (exact) mass is 221 g/mol. The number of aryl methyl sites for hydroxylation is 1. The normalized spacial score (nSPS) is 10.8. The first-order chi connectivity index (χ1) is 7.72. The number of aromatic carboxylic acids is 1. The highest BCUT2D eigenvalue weighted by Crippen LogP contribution is 2.18. The van der Waals surface area contributed by atoms with Crippen LogP contribution in [0, 0.1) is 0 Å². The van der Waals surface area contributed by atoms with E-state index < -0.39 is 5.97 Å². The van der Waals surface area contributed by atoms with Crippen LogP contribution < -0.4 is 0 Å². The number of carboxylic acids is 1. The van der Waals surface area contributed by atoms with Gasteiger partial charge in [-0.15, -0.1) is 0 Å². The lowest BCUT2D eigenvalue weighted by Crippen LogP contribution is -1.98. The van der Waals surface area contributed by atoms with Crippen LogP contribution in [0.2, 0.25) is 0 Å². The number of hydrogen-bond donors (Lipinski definition) is 1. The Balaban J connectivity index is 2.38. The van der Waals surface area contributed by atoms with Gasteiger partial charge in [0.1, 0.15) is 0 Å². The highest BCUT2D eigenvalue weighted by Gasteiger charge is 2.06. The van der Waals surface area contributed by atoms with Crippen LogP contribution in [0.3, 0.4) is 0 Å². The van der Waals surface area contributed by atoms with E-state index in [0.717, 1.165) is 10.9 Å². The number of aromatic nitrogens is 1. The van der Waals surface area contributed by atoms with Gasteiger partial charge in [0.05, 0.1) is 12.2 Å². The van der Waals surface area contributed by atoms with Crippen LogP contribution in [0.1, 0.15) is 16.8 Å². The van der Waals surface area contributed by atoms with Crippen LogP contribution >= 0.6 is 0 Å². The third-order valence-corrected chi connectivity index (χ3v) is 2.55. The van der Waals surface area contributed by atoms with E-state index in [2.05, 4.69) is 0 Å². The molecular weight excluding hydrogens is 209 g/mol. The zero-order valence-corrected chi connectivity index (χ0v) is 8.69. The fourth-order valence-corrected chi connectivity index (χ4v) is 1.76. The third kappa shape index (κ3) is 1.91. The van der Waals surface area contributed by atoms with Crippen molar-refractivity contribution >= 4 is 16.9 Å². The number of nitrogens with zero attached hydrogens (tertiary/aromatic N) is 1. The molecule has 0 unspecified atom stereocenters. The smallest absolute Gasteiger partial charge is 0.335 e. The summed E-state index contributed by atoms with van der Waals surface area (Å²) in [5.74, 6) is -0.932. The lowest BCUT2D eigenvalue weighted by molar-refractivity contribution is 0.0697. The maximum atomic E-state index is 12.1. The minimum Gasteiger partial charge on any atom is -0.478 e. The molecule has 1 aromatic heterocycles. The number of halogens is 1. The van der Waals surface area contributed by atoms with Crippen LogP contribution in [0.5, 0.6) is 0 Å². The fraction of sp³-hybridized carbons (Fsp3) is 0.250. The maximum Gasteiger partial charge on any atom is 0.335 e. The predicted octanol–water partition coefficient (Wildman–Crippen LogP) is 2.70. The first-order valence-corrected chi connectivity index (χ1v) is 5.10. The zero-order chi connectivity index (χ0) is 11.5. The molecular formula is C12H12FNO2. The molecule has 0 atom stereocenters. The van der Waals surface area contributed by atoms with Crippen molar-refractivity contribution in [2.24, 2.45) is 0 Å². The zero-order valence-electron chi connectivity index (χ0n) is 8.69. The number of benzene rings is 1. The van der Waals surface area contributed by atoms with E-state index in [-0.39, 0.29) is 12.2 Å². The Morgan fingerprint density at radius 1 is 1.38 bits per heavy atom. The number of carbonyl (C=O) groups is 1. The van der Waals surface area contributed by atoms with Gasteiger partial charge in [0.15, 0.2) is 0 Å². The number of fused-ring (bicyclic) bond motifs is 1. The SMILES string of the molecule is O=C(O)c1ccc2c(ccn2CCCF)c1. The summed E-state index contributed by atoms with van der Waals surface area (Å²) >= 11 is 0. The second-order valence-corrected chi connectivity index (χ2v) is 3.63. The number of alkyl halides is 1. The van der Waals surface area contributed by atoms with Crippen molar-refractivity contribution in [2.45, 2.75) is 13.0 Å². The van der Waals surface area contributed by atoms with E-state index in [0.29, 0.717) is 13.0 Å². The average molecular weight is 221 g/mol. The lowest BCUT2D eigenvalue weighted by Gasteiger charge is -2.03. The molecule has 1 aromatic carbocycles. The van der Waals surface area contributed by atoms with E-state index in [1.165, 1.54) is 0 Å². The van der Waals surface area contributed by atoms with Crippen molar-refractivity contribution in [1.29, 1.82) is 0 Å². The van der Waals surface area contributed by atoms with Crippen LogP contribution in [-0.2, 0) is 6.54 Å². The molecule has 16 heavy (non-hydrogen) atoms. The minimum atomic E-state index is -0.932. The largest absolute Gasteiger partial charge is 0.478 e. The first-order valence-electron chi connectivity index (χ1n) is 5.10. The molecule has 0 aliphatic heterocycles. The van der Waals surface area contributed by atoms with Crippen molar-refractivity contribution in [3.8, 4) is 0 Å². The van der Waals surface area contributed by atoms with Gasteiger partial charge in [-0.1, -0.05) is 0 Å². The maximum absolute atomic E-state index is 12.1. The Labute approximate surface area is 92.1 Å². The summed E-state index contributed by atoms with van der Waals surface area (Å²) in [6.07, 6.45) is 2.33. The number of carboxylic acid groups (broad SMARTS) is 1. The van der Waals surface area contributed by atoms with Gasteiger partial charge in [-0.2, -0.15) is 0 Å². The Morgan fingerprint density at radius 3 is 2.88 bits per heavy atom. The highest BCUT2D eigenvalue weighted by atomic mass is 19.1. The van der Waals surface area contributed by atoms with Gasteiger partial charge in [0.2, 0.25) is 0 Å². The molecule has 2 rings (SSSR count). The molecule has 0 amide bonds. The Bertz CT molecular complexity index is 519. The molecule has 2 aromatic rings. The van der Waals surface area contributed by atoms with Gasteiger partial charge < -0.3 is 9.67 Å². The van der Waals surface area contributed by atoms with E-state index >= 15 is 0 Å². The summed E-state index contributed by atoms with van der Waals surface area (Å²) in [6, 6.07) is 6.80. The summed E-state index contributed by atoms with van der Waals surface area (Å²) in [6.45, 7) is 0.277. The highest BCUT2D eigenvalue weighted by molar-refractivity contribution is 5.93. The average Bonchev–Trinajstić information content (AvgIpc) is 2.68. The lowest BCUT2D eigenvalue weighted by atomic mass is 10.1. The summed E-state index contributed by atoms with van der Waals surface area (Å²) in [5, 5.41) is 9.71. The number of rotatable bonds is 4. The molecule has 0 aliphatic carbocycles. The molecule has 0 radical (unpaired) electrons. The standard InChI is InChI=1S/C12H12FNO2/c13-5-1-6-14-7-4-9-8-10(12(15)16)2-3-11(9)14/h2-4,7-8H,1,5-6H2,(H,15,16). The predicted molar refractivity (Wildman–Crippen MR) is 59.5 cm³/mol. The molecule has 0 aliphatic rings. The first kappa shape index (κ1) is 10.7. The van der Waals surface area contributed by atoms with Crippen LogP contribution in [0.25, 0.3) is 10.9 Å². The van der Waals surface area contributed by atoms with Gasteiger partial charge in [0, 0.05) is 23.6 Å². The topological polar surface area (TPSA) is 42.2 Å². The molecule has 0 saturated carbocycles. The van der Waals surface area contributed by atoms with Crippen molar-refractivity contribution in [3.05, 3.63) is 36.0 Å². The van der Waals surface area contributed by atoms with Crippen molar-refractivity contribution in [3.63, 3.8) is 0 Å². The molecule has 84 valence electrons. The summed E-state index contributed by atoms with van der Waals surface area (Å²) < 4.78 is 14.0. The van der Waals surface area contributed by atoms with Crippen LogP contribution in [0.15, 0.2) is 30.5 Å². The molecule has 0 spiro atoms. The molecule has 0 fully saturated rings. The summed E-state index contributed by atoms with van der Waals surface area (Å²) in [7, 11) is 0. The van der Waals surface area contributed by atoms with Gasteiger partial charge in [-0.05, 0) is 30.7 Å². The third-order valence-electron chi connectivity index (χ3n) is 2.55. The molecule has 1 heterocycles. The Morgan fingerprint density at radius 2 is 2.19 bits per heavy atom. The molecule has 1 N–H and O–H groups in total. The van der Waals surface area contributed by atoms with E-state index in [9.17, 15) is 9.18 Å². The molecule has 3 nitrogen and oxygen atoms in total. The van der Waals surface area contributed by atoms with E-state index in [1.807, 2.05) is 16.8 Å². The van der Waals surface area contributed by atoms with Crippen LogP contribution in [-0.4, -0.2) is 22.3 Å².